The number of nitrogens with zero attached hydrogens (tertiary/aromatic N) is 1. The van der Waals surface area contributed by atoms with Gasteiger partial charge in [0.1, 0.15) is 0 Å². The van der Waals surface area contributed by atoms with Crippen LogP contribution >= 0.6 is 0 Å². The highest BCUT2D eigenvalue weighted by Crippen LogP contribution is 2.32. The van der Waals surface area contributed by atoms with Gasteiger partial charge in [0.05, 0.1) is 11.1 Å². The van der Waals surface area contributed by atoms with Crippen LogP contribution in [0.25, 0.3) is 10.9 Å². The molecule has 1 atom stereocenters. The Hall–Kier alpha value is -1.81. The summed E-state index contributed by atoms with van der Waals surface area (Å²) in [7, 11) is 0. The van der Waals surface area contributed by atoms with Crippen molar-refractivity contribution in [1.29, 1.82) is 0 Å². The molecule has 1 aromatic carbocycles. The van der Waals surface area contributed by atoms with Gasteiger partial charge >= 0.3 is 0 Å². The Morgan fingerprint density at radius 1 is 1.40 bits per heavy atom. The predicted molar refractivity (Wildman–Crippen MR) is 104 cm³/mol. The van der Waals surface area contributed by atoms with Crippen molar-refractivity contribution < 1.29 is 4.79 Å². The minimum atomic E-state index is 0.0251. The lowest BCUT2D eigenvalue weighted by Crippen LogP contribution is -2.38. The molecule has 2 aromatic rings. The van der Waals surface area contributed by atoms with E-state index in [0.29, 0.717) is 12.6 Å². The van der Waals surface area contributed by atoms with Gasteiger partial charge in [-0.1, -0.05) is 26.0 Å². The van der Waals surface area contributed by atoms with Gasteiger partial charge in [-0.2, -0.15) is 0 Å². The van der Waals surface area contributed by atoms with Crippen LogP contribution in [0, 0.1) is 5.92 Å². The summed E-state index contributed by atoms with van der Waals surface area (Å²) in [4.78, 5) is 18.6. The summed E-state index contributed by atoms with van der Waals surface area (Å²) in [6.45, 7) is 11.4. The summed E-state index contributed by atoms with van der Waals surface area (Å²) in [5.41, 5.74) is 4.52. The smallest absolute Gasteiger partial charge is 0.253 e. The number of para-hydroxylation sites is 1. The first-order valence-electron chi connectivity index (χ1n) is 9.66. The van der Waals surface area contributed by atoms with Gasteiger partial charge in [-0.15, -0.1) is 0 Å². The number of carbonyl (C=O) groups excluding carboxylic acids is 1. The Bertz CT molecular complexity index is 747. The Morgan fingerprint density at radius 3 is 2.92 bits per heavy atom. The fraction of sp³-hybridized carbons (Fsp3) is 0.571. The van der Waals surface area contributed by atoms with Crippen LogP contribution in [-0.4, -0.2) is 41.5 Å². The molecule has 0 bridgehead atoms. The molecule has 2 N–H and O–H groups in total. The van der Waals surface area contributed by atoms with Crippen molar-refractivity contribution in [1.82, 2.24) is 15.2 Å². The molecule has 1 aromatic heterocycles. The second-order valence-corrected chi connectivity index (χ2v) is 7.64. The number of aromatic nitrogens is 1. The lowest BCUT2D eigenvalue weighted by Gasteiger charge is -2.24. The Balaban J connectivity index is 1.76. The molecule has 3 rings (SSSR count). The van der Waals surface area contributed by atoms with Gasteiger partial charge in [-0.25, -0.2) is 0 Å². The fourth-order valence-corrected chi connectivity index (χ4v) is 3.99. The van der Waals surface area contributed by atoms with Crippen molar-refractivity contribution in [2.75, 3.05) is 19.6 Å². The lowest BCUT2D eigenvalue weighted by atomic mass is 9.87. The van der Waals surface area contributed by atoms with Crippen LogP contribution in [0.4, 0.5) is 0 Å². The number of aromatic amines is 1. The van der Waals surface area contributed by atoms with Crippen LogP contribution in [0.3, 0.4) is 0 Å². The largest absolute Gasteiger partial charge is 0.358 e. The molecule has 4 heteroatoms. The van der Waals surface area contributed by atoms with E-state index in [0.717, 1.165) is 42.9 Å². The van der Waals surface area contributed by atoms with E-state index >= 15 is 0 Å². The molecular weight excluding hydrogens is 310 g/mol. The first-order chi connectivity index (χ1) is 12.0. The average molecular weight is 341 g/mol. The van der Waals surface area contributed by atoms with Gasteiger partial charge in [-0.3, -0.25) is 9.69 Å². The number of fused-ring (bicyclic) bond motifs is 3. The molecule has 1 aliphatic rings. The first-order valence-corrected chi connectivity index (χ1v) is 9.66. The molecule has 1 unspecified atom stereocenters. The molecular formula is C21H31N3O. The van der Waals surface area contributed by atoms with Crippen molar-refractivity contribution in [2.24, 2.45) is 5.92 Å². The molecule has 0 saturated heterocycles. The minimum Gasteiger partial charge on any atom is -0.358 e. The van der Waals surface area contributed by atoms with Crippen LogP contribution in [0.1, 0.15) is 55.7 Å². The number of hydrogen-bond donors (Lipinski definition) is 2. The molecule has 136 valence electrons. The monoisotopic (exact) mass is 341 g/mol. The minimum absolute atomic E-state index is 0.0251. The van der Waals surface area contributed by atoms with Gasteiger partial charge in [0.15, 0.2) is 0 Å². The van der Waals surface area contributed by atoms with Crippen LogP contribution < -0.4 is 5.32 Å². The number of carbonyl (C=O) groups is 1. The van der Waals surface area contributed by atoms with E-state index in [9.17, 15) is 4.79 Å². The summed E-state index contributed by atoms with van der Waals surface area (Å²) >= 11 is 0. The summed E-state index contributed by atoms with van der Waals surface area (Å²) < 4.78 is 0. The predicted octanol–water partition coefficient (Wildman–Crippen LogP) is 3.75. The van der Waals surface area contributed by atoms with Crippen molar-refractivity contribution in [3.05, 3.63) is 35.0 Å². The van der Waals surface area contributed by atoms with Crippen molar-refractivity contribution >= 4 is 16.8 Å². The number of rotatable bonds is 6. The fourth-order valence-electron chi connectivity index (χ4n) is 3.99. The van der Waals surface area contributed by atoms with Crippen LogP contribution in [-0.2, 0) is 12.8 Å². The number of hydrogen-bond acceptors (Lipinski definition) is 2. The highest BCUT2D eigenvalue weighted by molar-refractivity contribution is 6.06. The number of benzene rings is 1. The van der Waals surface area contributed by atoms with Crippen molar-refractivity contribution in [3.63, 3.8) is 0 Å². The average Bonchev–Trinajstić information content (AvgIpc) is 2.96. The van der Waals surface area contributed by atoms with Gasteiger partial charge in [0, 0.05) is 30.2 Å². The zero-order valence-electron chi connectivity index (χ0n) is 16.0. The molecule has 1 amide bonds. The number of H-pyrrole nitrogens is 1. The molecule has 0 spiro atoms. The Kier molecular flexibility index (Phi) is 5.48. The third-order valence-corrected chi connectivity index (χ3v) is 5.54. The molecule has 0 saturated carbocycles. The molecule has 1 aliphatic carbocycles. The van der Waals surface area contributed by atoms with Gasteiger partial charge < -0.3 is 10.3 Å². The van der Waals surface area contributed by atoms with Crippen molar-refractivity contribution in [3.8, 4) is 0 Å². The van der Waals surface area contributed by atoms with E-state index in [4.69, 9.17) is 0 Å². The highest BCUT2D eigenvalue weighted by atomic mass is 16.1. The number of amides is 1. The van der Waals surface area contributed by atoms with Crippen LogP contribution in [0.5, 0.6) is 0 Å². The number of nitrogens with one attached hydrogen (secondary N) is 2. The third kappa shape index (κ3) is 3.74. The third-order valence-electron chi connectivity index (χ3n) is 5.54. The second-order valence-electron chi connectivity index (χ2n) is 7.64. The van der Waals surface area contributed by atoms with Crippen LogP contribution in [0.2, 0.25) is 0 Å². The summed E-state index contributed by atoms with van der Waals surface area (Å²) in [6.07, 6.45) is 3.43. The zero-order chi connectivity index (χ0) is 18.0. The zero-order valence-corrected chi connectivity index (χ0v) is 16.0. The molecule has 0 aliphatic heterocycles. The summed E-state index contributed by atoms with van der Waals surface area (Å²) in [5, 5.41) is 4.33. The maximum Gasteiger partial charge on any atom is 0.253 e. The second kappa shape index (κ2) is 7.61. The van der Waals surface area contributed by atoms with E-state index < -0.39 is 0 Å². The van der Waals surface area contributed by atoms with Crippen LogP contribution in [0.15, 0.2) is 18.2 Å². The highest BCUT2D eigenvalue weighted by Gasteiger charge is 2.22. The van der Waals surface area contributed by atoms with Gasteiger partial charge in [0.25, 0.3) is 5.91 Å². The number of aryl methyl sites for hydroxylation is 1. The molecule has 25 heavy (non-hydrogen) atoms. The maximum atomic E-state index is 12.7. The Morgan fingerprint density at radius 2 is 2.20 bits per heavy atom. The van der Waals surface area contributed by atoms with E-state index in [1.54, 1.807) is 0 Å². The normalized spacial score (nSPS) is 17.3. The summed E-state index contributed by atoms with van der Waals surface area (Å²) in [5.74, 6) is 0.747. The number of likely N-dealkylation sites (N-methyl/N-ethyl adjacent to an activating group) is 1. The Labute approximate surface area is 151 Å². The van der Waals surface area contributed by atoms with Gasteiger partial charge in [0.2, 0.25) is 0 Å². The molecule has 4 nitrogen and oxygen atoms in total. The van der Waals surface area contributed by atoms with E-state index in [-0.39, 0.29) is 5.91 Å². The van der Waals surface area contributed by atoms with Gasteiger partial charge in [-0.05, 0) is 57.2 Å². The SMILES string of the molecule is CCN(CCNC(=O)c1cccc2c3c([nH]c12)CCC(C)C3)C(C)C. The topological polar surface area (TPSA) is 48.1 Å². The van der Waals surface area contributed by atoms with E-state index in [1.807, 2.05) is 12.1 Å². The standard InChI is InChI=1S/C21H31N3O/c1-5-24(14(2)3)12-11-22-21(25)17-8-6-7-16-18-13-15(4)9-10-19(18)23-20(16)17/h6-8,14-15,23H,5,9-13H2,1-4H3,(H,22,25). The molecule has 0 radical (unpaired) electrons. The quantitative estimate of drug-likeness (QED) is 0.840. The van der Waals surface area contributed by atoms with E-state index in [1.165, 1.54) is 23.1 Å². The van der Waals surface area contributed by atoms with Crippen molar-refractivity contribution in [2.45, 2.75) is 53.0 Å². The first kappa shape index (κ1) is 18.0. The lowest BCUT2D eigenvalue weighted by molar-refractivity contribution is 0.0947. The van der Waals surface area contributed by atoms with E-state index in [2.05, 4.69) is 49.0 Å². The summed E-state index contributed by atoms with van der Waals surface area (Å²) in [6, 6.07) is 6.60. The molecule has 1 heterocycles. The maximum absolute atomic E-state index is 12.7. The molecule has 0 fully saturated rings.